The van der Waals surface area contributed by atoms with Crippen LogP contribution in [0, 0.1) is 18.7 Å². The fourth-order valence-corrected chi connectivity index (χ4v) is 3.66. The fourth-order valence-electron chi connectivity index (χ4n) is 3.66. The minimum atomic E-state index is -0.414. The number of carbonyl (C=O) groups excluding carboxylic acids is 2. The Hall–Kier alpha value is -3.00. The van der Waals surface area contributed by atoms with Crippen LogP contribution in [0.25, 0.3) is 0 Å². The number of rotatable bonds is 7. The van der Waals surface area contributed by atoms with Crippen LogP contribution in [0.1, 0.15) is 37.1 Å². The third-order valence-corrected chi connectivity index (χ3v) is 5.47. The van der Waals surface area contributed by atoms with E-state index >= 15 is 4.39 Å². The molecule has 0 spiro atoms. The van der Waals surface area contributed by atoms with Crippen molar-refractivity contribution in [1.82, 2.24) is 20.1 Å². The van der Waals surface area contributed by atoms with E-state index in [1.807, 2.05) is 25.7 Å². The summed E-state index contributed by atoms with van der Waals surface area (Å²) in [7, 11) is 0. The number of aromatic nitrogens is 1. The minimum absolute atomic E-state index is 0.0856. The van der Waals surface area contributed by atoms with E-state index in [1.165, 1.54) is 0 Å². The van der Waals surface area contributed by atoms with Gasteiger partial charge in [0.05, 0.1) is 11.9 Å². The lowest BCUT2D eigenvalue weighted by molar-refractivity contribution is -0.133. The minimum Gasteiger partial charge on any atom is -0.340 e. The SMILES string of the molecule is Cc1ccc(NC(=O)NCc2cccc(CN3CCN(C(=O)CC(C)C)CC3)c2F)cn1. The van der Waals surface area contributed by atoms with Crippen molar-refractivity contribution in [3.63, 3.8) is 0 Å². The first-order chi connectivity index (χ1) is 15.3. The first kappa shape index (κ1) is 23.7. The number of urea groups is 1. The van der Waals surface area contributed by atoms with Gasteiger partial charge in [-0.3, -0.25) is 14.7 Å². The van der Waals surface area contributed by atoms with Gasteiger partial charge in [-0.15, -0.1) is 0 Å². The molecule has 1 saturated heterocycles. The predicted molar refractivity (Wildman–Crippen MR) is 123 cm³/mol. The van der Waals surface area contributed by atoms with E-state index in [-0.39, 0.29) is 18.3 Å². The Labute approximate surface area is 189 Å². The highest BCUT2D eigenvalue weighted by Gasteiger charge is 2.22. The zero-order valence-electron chi connectivity index (χ0n) is 19.0. The van der Waals surface area contributed by atoms with Crippen molar-refractivity contribution in [2.75, 3.05) is 31.5 Å². The smallest absolute Gasteiger partial charge is 0.319 e. The quantitative estimate of drug-likeness (QED) is 0.689. The van der Waals surface area contributed by atoms with Gasteiger partial charge in [-0.2, -0.15) is 0 Å². The van der Waals surface area contributed by atoms with Crippen molar-refractivity contribution in [2.24, 2.45) is 5.92 Å². The van der Waals surface area contributed by atoms with Crippen LogP contribution in [0.2, 0.25) is 0 Å². The largest absolute Gasteiger partial charge is 0.340 e. The molecule has 1 aliphatic heterocycles. The summed E-state index contributed by atoms with van der Waals surface area (Å²) < 4.78 is 15.0. The summed E-state index contributed by atoms with van der Waals surface area (Å²) >= 11 is 0. The molecule has 0 radical (unpaired) electrons. The predicted octanol–water partition coefficient (Wildman–Crippen LogP) is 3.54. The number of piperazine rings is 1. The second kappa shape index (κ2) is 11.0. The first-order valence-electron chi connectivity index (χ1n) is 11.1. The van der Waals surface area contributed by atoms with Crippen LogP contribution < -0.4 is 10.6 Å². The highest BCUT2D eigenvalue weighted by Crippen LogP contribution is 2.17. The molecule has 3 rings (SSSR count). The van der Waals surface area contributed by atoms with Crippen molar-refractivity contribution in [1.29, 1.82) is 0 Å². The summed E-state index contributed by atoms with van der Waals surface area (Å²) in [5, 5.41) is 5.38. The fraction of sp³-hybridized carbons (Fsp3) is 0.458. The molecule has 2 N–H and O–H groups in total. The third-order valence-electron chi connectivity index (χ3n) is 5.47. The number of benzene rings is 1. The molecule has 1 fully saturated rings. The van der Waals surface area contributed by atoms with Gasteiger partial charge in [0.1, 0.15) is 5.82 Å². The molecule has 1 aromatic carbocycles. The zero-order chi connectivity index (χ0) is 23.1. The maximum Gasteiger partial charge on any atom is 0.319 e. The van der Waals surface area contributed by atoms with Gasteiger partial charge in [-0.1, -0.05) is 32.0 Å². The second-order valence-electron chi connectivity index (χ2n) is 8.64. The molecular weight excluding hydrogens is 409 g/mol. The van der Waals surface area contributed by atoms with E-state index in [4.69, 9.17) is 0 Å². The molecule has 1 aliphatic rings. The molecule has 0 bridgehead atoms. The molecule has 3 amide bonds. The van der Waals surface area contributed by atoms with Gasteiger partial charge in [0, 0.05) is 62.5 Å². The number of amides is 3. The average molecular weight is 442 g/mol. The number of anilines is 1. The number of nitrogens with zero attached hydrogens (tertiary/aromatic N) is 3. The number of halogens is 1. The van der Waals surface area contributed by atoms with Crippen molar-refractivity contribution >= 4 is 17.6 Å². The van der Waals surface area contributed by atoms with Gasteiger partial charge < -0.3 is 15.5 Å². The Morgan fingerprint density at radius 2 is 1.81 bits per heavy atom. The van der Waals surface area contributed by atoms with Crippen LogP contribution in [0.3, 0.4) is 0 Å². The molecule has 1 aromatic heterocycles. The molecule has 8 heteroatoms. The molecule has 7 nitrogen and oxygen atoms in total. The van der Waals surface area contributed by atoms with Crippen molar-refractivity contribution in [3.05, 3.63) is 59.2 Å². The average Bonchev–Trinajstić information content (AvgIpc) is 2.76. The number of aryl methyl sites for hydroxylation is 1. The van der Waals surface area contributed by atoms with Crippen LogP contribution >= 0.6 is 0 Å². The lowest BCUT2D eigenvalue weighted by atomic mass is 10.1. The van der Waals surface area contributed by atoms with E-state index in [9.17, 15) is 9.59 Å². The Balaban J connectivity index is 1.50. The summed E-state index contributed by atoms with van der Waals surface area (Å²) in [6, 6.07) is 8.41. The number of hydrogen-bond acceptors (Lipinski definition) is 4. The van der Waals surface area contributed by atoms with Gasteiger partial charge in [0.2, 0.25) is 5.91 Å². The van der Waals surface area contributed by atoms with E-state index < -0.39 is 6.03 Å². The highest BCUT2D eigenvalue weighted by atomic mass is 19.1. The maximum atomic E-state index is 15.0. The van der Waals surface area contributed by atoms with E-state index in [2.05, 4.69) is 20.5 Å². The molecule has 0 unspecified atom stereocenters. The van der Waals surface area contributed by atoms with Gasteiger partial charge in [0.15, 0.2) is 0 Å². The normalized spacial score (nSPS) is 14.5. The van der Waals surface area contributed by atoms with E-state index in [1.54, 1.807) is 36.5 Å². The highest BCUT2D eigenvalue weighted by molar-refractivity contribution is 5.88. The second-order valence-corrected chi connectivity index (χ2v) is 8.64. The van der Waals surface area contributed by atoms with Crippen LogP contribution in [0.15, 0.2) is 36.5 Å². The molecule has 2 aromatic rings. The molecule has 0 saturated carbocycles. The lowest BCUT2D eigenvalue weighted by Gasteiger charge is -2.35. The topological polar surface area (TPSA) is 77.6 Å². The number of pyridine rings is 1. The zero-order valence-corrected chi connectivity index (χ0v) is 19.0. The van der Waals surface area contributed by atoms with Gasteiger partial charge >= 0.3 is 6.03 Å². The molecule has 172 valence electrons. The first-order valence-corrected chi connectivity index (χ1v) is 11.1. The van der Waals surface area contributed by atoms with Crippen LogP contribution in [-0.2, 0) is 17.9 Å². The summed E-state index contributed by atoms with van der Waals surface area (Å²) in [5.41, 5.74) is 2.46. The maximum absolute atomic E-state index is 15.0. The lowest BCUT2D eigenvalue weighted by Crippen LogP contribution is -2.48. The summed E-state index contributed by atoms with van der Waals surface area (Å²) in [6.45, 7) is 9.30. The van der Waals surface area contributed by atoms with Crippen molar-refractivity contribution < 1.29 is 14.0 Å². The van der Waals surface area contributed by atoms with E-state index in [0.29, 0.717) is 48.8 Å². The molecular formula is C24H32FN5O2. The summed E-state index contributed by atoms with van der Waals surface area (Å²) in [5.74, 6) is 0.239. The van der Waals surface area contributed by atoms with Gasteiger partial charge in [-0.05, 0) is 25.0 Å². The molecule has 0 aliphatic carbocycles. The Kier molecular flexibility index (Phi) is 8.16. The van der Waals surface area contributed by atoms with Crippen LogP contribution in [0.4, 0.5) is 14.9 Å². The van der Waals surface area contributed by atoms with Gasteiger partial charge in [0.25, 0.3) is 0 Å². The summed E-state index contributed by atoms with van der Waals surface area (Å²) in [4.78, 5) is 32.5. The molecule has 32 heavy (non-hydrogen) atoms. The number of nitrogens with one attached hydrogen (secondary N) is 2. The van der Waals surface area contributed by atoms with E-state index in [0.717, 1.165) is 18.8 Å². The Bertz CT molecular complexity index is 924. The number of carbonyl (C=O) groups is 2. The molecule has 2 heterocycles. The number of hydrogen-bond donors (Lipinski definition) is 2. The van der Waals surface area contributed by atoms with Crippen molar-refractivity contribution in [2.45, 2.75) is 40.3 Å². The Morgan fingerprint density at radius 1 is 1.09 bits per heavy atom. The molecule has 0 atom stereocenters. The summed E-state index contributed by atoms with van der Waals surface area (Å²) in [6.07, 6.45) is 2.14. The standard InChI is InChI=1S/C24H32FN5O2/c1-17(2)13-22(31)30-11-9-29(10-12-30)16-20-6-4-5-19(23(20)25)14-27-24(32)28-21-8-7-18(3)26-15-21/h4-8,15,17H,9-14,16H2,1-3H3,(H2,27,28,32). The van der Waals surface area contributed by atoms with Gasteiger partial charge in [-0.25, -0.2) is 9.18 Å². The van der Waals surface area contributed by atoms with Crippen molar-refractivity contribution in [3.8, 4) is 0 Å². The Morgan fingerprint density at radius 3 is 2.47 bits per heavy atom. The van der Waals surface area contributed by atoms with Crippen LogP contribution in [0.5, 0.6) is 0 Å². The monoisotopic (exact) mass is 441 g/mol. The van der Waals surface area contributed by atoms with Crippen LogP contribution in [-0.4, -0.2) is 52.9 Å². The third kappa shape index (κ3) is 6.75.